The molecule has 8 rings (SSSR count). The SMILES string of the molecule is C/C=C/C1=CN2C(=O)c3cc(OC)c(OCCCCCOc4cc5c(cc4C)C(=O)N4C=C(/C=C/C)C[C@H]4[C@H](O)N5C(=O)OCc4ccc(NCC(=O)CCOCCCC(=O)CCN5C(=O)CC(C)C5=O)cc4)cc3N=C[C@@H]2C1. The number of carbonyl (C=O) groups excluding carboxylic acids is 7. The number of methoxy groups -OCH3 is 1. The number of likely N-dealkylation sites (tertiary alicyclic amines) is 1. The number of hydrogen-bond acceptors (Lipinski definition) is 15. The Hall–Kier alpha value is -7.90. The lowest BCUT2D eigenvalue weighted by Crippen LogP contribution is -2.50. The number of carbonyl (C=O) groups is 7. The number of amides is 5. The van der Waals surface area contributed by atoms with Crippen LogP contribution in [0.15, 0.2) is 101 Å². The molecule has 1 unspecified atom stereocenters. The molecule has 2 N–H and O–H groups in total. The normalized spacial score (nSPS) is 19.5. The van der Waals surface area contributed by atoms with E-state index in [4.69, 9.17) is 23.7 Å². The number of hydrogen-bond donors (Lipinski definition) is 2. The second-order valence-electron chi connectivity index (χ2n) is 20.2. The number of ketones is 2. The van der Waals surface area contributed by atoms with Crippen LogP contribution < -0.4 is 24.4 Å². The molecule has 5 heterocycles. The highest BCUT2D eigenvalue weighted by atomic mass is 16.6. The number of unbranched alkanes of at least 4 members (excludes halogenated alkanes) is 2. The number of nitrogens with zero attached hydrogens (tertiary/aromatic N) is 5. The number of nitrogens with one attached hydrogen (secondary N) is 1. The van der Waals surface area contributed by atoms with Gasteiger partial charge in [-0.1, -0.05) is 43.4 Å². The second kappa shape index (κ2) is 26.6. The molecule has 0 spiro atoms. The molecule has 19 heteroatoms. The van der Waals surface area contributed by atoms with E-state index in [-0.39, 0.29) is 110 Å². The van der Waals surface area contributed by atoms with Gasteiger partial charge in [-0.2, -0.15) is 0 Å². The van der Waals surface area contributed by atoms with Gasteiger partial charge in [0.25, 0.3) is 11.8 Å². The molecule has 3 aromatic carbocycles. The summed E-state index contributed by atoms with van der Waals surface area (Å²) in [7, 11) is 1.54. The maximum Gasteiger partial charge on any atom is 0.416 e. The molecule has 0 aliphatic carbocycles. The van der Waals surface area contributed by atoms with Gasteiger partial charge in [-0.25, -0.2) is 9.69 Å². The summed E-state index contributed by atoms with van der Waals surface area (Å²) in [5.74, 6) is -0.0945. The fourth-order valence-corrected chi connectivity index (χ4v) is 10.1. The van der Waals surface area contributed by atoms with Gasteiger partial charge in [0, 0.05) is 81.2 Å². The number of benzene rings is 3. The molecule has 4 atom stereocenters. The molecule has 0 bridgehead atoms. The van der Waals surface area contributed by atoms with E-state index < -0.39 is 18.4 Å². The highest BCUT2D eigenvalue weighted by molar-refractivity contribution is 6.07. The molecular formula is C60H70N6O13. The Morgan fingerprint density at radius 2 is 1.47 bits per heavy atom. The number of anilines is 2. The number of aliphatic hydroxyl groups is 1. The zero-order valence-corrected chi connectivity index (χ0v) is 45.6. The third-order valence-electron chi connectivity index (χ3n) is 14.4. The number of Topliss-reactive ketones (excluding diaryl/α,β-unsaturated/α-hetero) is 2. The molecule has 0 radical (unpaired) electrons. The summed E-state index contributed by atoms with van der Waals surface area (Å²) in [6, 6.07) is 12.8. The quantitative estimate of drug-likeness (QED) is 0.0567. The molecule has 5 aliphatic rings. The van der Waals surface area contributed by atoms with E-state index in [1.807, 2.05) is 51.3 Å². The average molecular weight is 1080 g/mol. The van der Waals surface area contributed by atoms with E-state index in [1.165, 1.54) is 12.0 Å². The molecule has 1 fully saturated rings. The van der Waals surface area contributed by atoms with Crippen molar-refractivity contribution in [3.05, 3.63) is 119 Å². The number of aliphatic imine (C=N–C) groups is 1. The third kappa shape index (κ3) is 13.9. The van der Waals surface area contributed by atoms with Gasteiger partial charge >= 0.3 is 6.09 Å². The fraction of sp³-hybridized carbons (Fsp3) is 0.433. The zero-order chi connectivity index (χ0) is 56.2. The van der Waals surface area contributed by atoms with E-state index >= 15 is 0 Å². The Morgan fingerprint density at radius 1 is 0.759 bits per heavy atom. The predicted molar refractivity (Wildman–Crippen MR) is 296 cm³/mol. The van der Waals surface area contributed by atoms with Crippen LogP contribution in [0.5, 0.6) is 17.2 Å². The maximum atomic E-state index is 14.2. The van der Waals surface area contributed by atoms with E-state index in [9.17, 15) is 38.7 Å². The molecule has 19 nitrogen and oxygen atoms in total. The van der Waals surface area contributed by atoms with E-state index in [2.05, 4.69) is 10.3 Å². The van der Waals surface area contributed by atoms with Crippen LogP contribution in [0.2, 0.25) is 0 Å². The van der Waals surface area contributed by atoms with Crippen molar-refractivity contribution in [2.24, 2.45) is 10.9 Å². The predicted octanol–water partition coefficient (Wildman–Crippen LogP) is 8.69. The average Bonchev–Trinajstić information content (AvgIpc) is 4.22. The number of allylic oxidation sites excluding steroid dienone is 4. The van der Waals surface area contributed by atoms with Gasteiger partial charge in [-0.15, -0.1) is 0 Å². The topological polar surface area (TPSA) is 223 Å². The first-order valence-corrected chi connectivity index (χ1v) is 27.1. The summed E-state index contributed by atoms with van der Waals surface area (Å²) in [5.41, 5.74) is 5.19. The van der Waals surface area contributed by atoms with Crippen molar-refractivity contribution in [3.8, 4) is 17.2 Å². The van der Waals surface area contributed by atoms with Crippen LogP contribution in [0.1, 0.15) is 117 Å². The lowest BCUT2D eigenvalue weighted by Gasteiger charge is -2.31. The number of ether oxygens (including phenoxy) is 5. The Balaban J connectivity index is 0.805. The molecular weight excluding hydrogens is 1010 g/mol. The molecule has 418 valence electrons. The summed E-state index contributed by atoms with van der Waals surface area (Å²) in [6.45, 7) is 8.55. The minimum atomic E-state index is -1.47. The fourth-order valence-electron chi connectivity index (χ4n) is 10.1. The lowest BCUT2D eigenvalue weighted by atomic mass is 10.1. The summed E-state index contributed by atoms with van der Waals surface area (Å²) < 4.78 is 29.5. The number of aliphatic hydroxyl groups excluding tert-OH is 1. The third-order valence-corrected chi connectivity index (χ3v) is 14.4. The smallest absolute Gasteiger partial charge is 0.416 e. The maximum absolute atomic E-state index is 14.2. The second-order valence-corrected chi connectivity index (χ2v) is 20.2. The van der Waals surface area contributed by atoms with Gasteiger partial charge in [0.15, 0.2) is 23.5 Å². The van der Waals surface area contributed by atoms with Crippen LogP contribution in [0.25, 0.3) is 0 Å². The van der Waals surface area contributed by atoms with Gasteiger partial charge in [-0.3, -0.25) is 38.7 Å². The van der Waals surface area contributed by atoms with E-state index in [0.717, 1.165) is 27.4 Å². The summed E-state index contributed by atoms with van der Waals surface area (Å²) in [4.78, 5) is 101. The number of aryl methyl sites for hydroxylation is 1. The van der Waals surface area contributed by atoms with Gasteiger partial charge in [0.1, 0.15) is 18.1 Å². The molecule has 0 saturated carbocycles. The van der Waals surface area contributed by atoms with Gasteiger partial charge in [0.05, 0.1) is 68.1 Å². The number of imide groups is 1. The summed E-state index contributed by atoms with van der Waals surface area (Å²) in [5, 5.41) is 15.1. The number of fused-ring (bicyclic) bond motifs is 4. The van der Waals surface area contributed by atoms with E-state index in [0.29, 0.717) is 97.2 Å². The van der Waals surface area contributed by atoms with Crippen molar-refractivity contribution in [2.75, 3.05) is 56.8 Å². The van der Waals surface area contributed by atoms with Crippen molar-refractivity contribution in [1.29, 1.82) is 0 Å². The van der Waals surface area contributed by atoms with Gasteiger partial charge < -0.3 is 43.9 Å². The molecule has 3 aromatic rings. The molecule has 79 heavy (non-hydrogen) atoms. The Bertz CT molecular complexity index is 2960. The molecule has 1 saturated heterocycles. The van der Waals surface area contributed by atoms with Crippen LogP contribution in [-0.2, 0) is 35.3 Å². The number of rotatable bonds is 26. The van der Waals surface area contributed by atoms with Crippen molar-refractivity contribution < 1.29 is 62.4 Å². The highest BCUT2D eigenvalue weighted by Gasteiger charge is 2.45. The lowest BCUT2D eigenvalue weighted by molar-refractivity contribution is -0.139. The van der Waals surface area contributed by atoms with Crippen molar-refractivity contribution in [3.63, 3.8) is 0 Å². The van der Waals surface area contributed by atoms with Crippen molar-refractivity contribution in [2.45, 2.75) is 117 Å². The first kappa shape index (κ1) is 57.3. The zero-order valence-electron chi connectivity index (χ0n) is 45.6. The van der Waals surface area contributed by atoms with Gasteiger partial charge in [-0.05, 0) is 106 Å². The minimum absolute atomic E-state index is 0.0557. The van der Waals surface area contributed by atoms with Crippen LogP contribution in [0, 0.1) is 12.8 Å². The van der Waals surface area contributed by atoms with Gasteiger partial charge in [0.2, 0.25) is 11.8 Å². The minimum Gasteiger partial charge on any atom is -0.493 e. The Labute approximate surface area is 460 Å². The molecule has 5 amide bonds. The first-order chi connectivity index (χ1) is 38.2. The van der Waals surface area contributed by atoms with Crippen LogP contribution in [0.3, 0.4) is 0 Å². The highest BCUT2D eigenvalue weighted by Crippen LogP contribution is 2.41. The molecule has 0 aromatic heterocycles. The Morgan fingerprint density at radius 3 is 2.18 bits per heavy atom. The van der Waals surface area contributed by atoms with Crippen molar-refractivity contribution >= 4 is 64.6 Å². The molecule has 5 aliphatic heterocycles. The first-order valence-electron chi connectivity index (χ1n) is 27.1. The standard InChI is InChI=1S/C60H70N6O13/c1-6-12-41-28-44-33-62-49-31-54(53(75-5)30-47(49)57(71)64(44)35-41)78-24-10-8-9-23-77-52-32-50-48(26-38(52)3)58(72)65-36-42(13-7-2)29-51(65)59(73)66(50)60(74)79-37-40-15-17-43(18-16-40)61-34-46(68)20-25-76-22-11-14-45(67)19-21-63-55(69)27-39(4)56(63)70/h6-7,12-13,15-18,26,30-33,35-36,39,44,51,59,61,73H,8-11,14,19-25,27-29,34,37H2,1-5H3/b12-6+,13-7+/t39?,44-,51-,59-/m0/s1. The summed E-state index contributed by atoms with van der Waals surface area (Å²) >= 11 is 0. The van der Waals surface area contributed by atoms with Crippen LogP contribution in [0.4, 0.5) is 21.9 Å². The van der Waals surface area contributed by atoms with Crippen LogP contribution >= 0.6 is 0 Å². The van der Waals surface area contributed by atoms with Crippen molar-refractivity contribution in [1.82, 2.24) is 14.7 Å². The van der Waals surface area contributed by atoms with Crippen LogP contribution in [-0.4, -0.2) is 132 Å². The Kier molecular flexibility index (Phi) is 19.3. The monoisotopic (exact) mass is 1080 g/mol. The largest absolute Gasteiger partial charge is 0.493 e. The van der Waals surface area contributed by atoms with E-state index in [1.54, 1.807) is 72.8 Å². The summed E-state index contributed by atoms with van der Waals surface area (Å²) in [6.07, 6.45) is 15.0.